The first-order valence-electron chi connectivity index (χ1n) is 15.5. The summed E-state index contributed by atoms with van der Waals surface area (Å²) in [4.78, 5) is 11.9. The highest BCUT2D eigenvalue weighted by atomic mass is 28.4. The van der Waals surface area contributed by atoms with Gasteiger partial charge in [0, 0.05) is 18.9 Å². The molecule has 0 saturated carbocycles. The smallest absolute Gasteiger partial charge is 0.192 e. The van der Waals surface area contributed by atoms with Crippen molar-refractivity contribution in [2.45, 2.75) is 97.6 Å². The third-order valence-electron chi connectivity index (χ3n) is 8.72. The van der Waals surface area contributed by atoms with Crippen molar-refractivity contribution in [2.24, 2.45) is 11.8 Å². The Kier molecular flexibility index (Phi) is 15.3. The molecule has 0 bridgehead atoms. The standard InChI is InChI=1S/C36H56O7Si/c1-26(20-33(25-43-44(10,11)36(4,5)6)41-23-29-12-16-31(38-7)17-13-29)21-34(40-9)28(3)35(27(2)22-37)42-24-30-14-18-32(39-8)19-15-30/h12-19,21-22,27-28,33-35H,20,23-25H2,1-11H3/b26-21+/t27-,28-,33-,34-,35-/m1/s1. The van der Waals surface area contributed by atoms with Crippen LogP contribution in [-0.2, 0) is 36.6 Å². The van der Waals surface area contributed by atoms with Gasteiger partial charge in [0.1, 0.15) is 17.8 Å². The monoisotopic (exact) mass is 628 g/mol. The number of rotatable bonds is 19. The summed E-state index contributed by atoms with van der Waals surface area (Å²) < 4.78 is 35.9. The van der Waals surface area contributed by atoms with E-state index in [1.54, 1.807) is 21.3 Å². The molecular formula is C36H56O7Si. The number of benzene rings is 2. The van der Waals surface area contributed by atoms with E-state index in [0.717, 1.165) is 34.5 Å². The second kappa shape index (κ2) is 17.9. The van der Waals surface area contributed by atoms with E-state index in [1.807, 2.05) is 55.5 Å². The van der Waals surface area contributed by atoms with Gasteiger partial charge in [-0.15, -0.1) is 0 Å². The van der Waals surface area contributed by atoms with E-state index < -0.39 is 8.32 Å². The van der Waals surface area contributed by atoms with Crippen LogP contribution in [0.1, 0.15) is 59.1 Å². The lowest BCUT2D eigenvalue weighted by molar-refractivity contribution is -0.120. The molecule has 0 aliphatic carbocycles. The van der Waals surface area contributed by atoms with Crippen molar-refractivity contribution in [2.75, 3.05) is 27.9 Å². The van der Waals surface area contributed by atoms with Crippen molar-refractivity contribution in [3.63, 3.8) is 0 Å². The number of carbonyl (C=O) groups excluding carboxylic acids is 1. The van der Waals surface area contributed by atoms with Crippen LogP contribution in [0.25, 0.3) is 0 Å². The second-order valence-electron chi connectivity index (χ2n) is 13.2. The van der Waals surface area contributed by atoms with Crippen molar-refractivity contribution in [3.8, 4) is 11.5 Å². The van der Waals surface area contributed by atoms with Crippen LogP contribution >= 0.6 is 0 Å². The van der Waals surface area contributed by atoms with Crippen LogP contribution in [0.2, 0.25) is 18.1 Å². The molecule has 44 heavy (non-hydrogen) atoms. The molecule has 7 nitrogen and oxygen atoms in total. The fraction of sp³-hybridized carbons (Fsp3) is 0.583. The molecule has 0 unspecified atom stereocenters. The molecule has 0 N–H and O–H groups in total. The summed E-state index contributed by atoms with van der Waals surface area (Å²) >= 11 is 0. The Labute approximate surface area is 267 Å². The van der Waals surface area contributed by atoms with E-state index in [9.17, 15) is 4.79 Å². The summed E-state index contributed by atoms with van der Waals surface area (Å²) in [5.74, 6) is 1.24. The van der Waals surface area contributed by atoms with Gasteiger partial charge in [0.15, 0.2) is 8.32 Å². The fourth-order valence-corrected chi connectivity index (χ4v) is 5.76. The number of hydrogen-bond acceptors (Lipinski definition) is 7. The summed E-state index contributed by atoms with van der Waals surface area (Å²) in [6.45, 7) is 18.7. The van der Waals surface area contributed by atoms with Gasteiger partial charge in [-0.2, -0.15) is 0 Å². The molecule has 0 saturated heterocycles. The van der Waals surface area contributed by atoms with Crippen LogP contribution in [0.4, 0.5) is 0 Å². The van der Waals surface area contributed by atoms with Gasteiger partial charge < -0.3 is 32.9 Å². The molecule has 246 valence electrons. The number of methoxy groups -OCH3 is 3. The molecule has 0 radical (unpaired) electrons. The highest BCUT2D eigenvalue weighted by Crippen LogP contribution is 2.37. The normalized spacial score (nSPS) is 16.1. The van der Waals surface area contributed by atoms with Crippen molar-refractivity contribution < 1.29 is 32.9 Å². The zero-order chi connectivity index (χ0) is 32.9. The Morgan fingerprint density at radius 3 is 1.77 bits per heavy atom. The molecule has 2 aromatic carbocycles. The number of aldehydes is 1. The molecule has 5 atom stereocenters. The molecule has 0 aliphatic heterocycles. The number of hydrogen-bond donors (Lipinski definition) is 0. The van der Waals surface area contributed by atoms with E-state index in [-0.39, 0.29) is 35.2 Å². The maximum absolute atomic E-state index is 11.9. The first kappa shape index (κ1) is 37.7. The molecule has 0 fully saturated rings. The largest absolute Gasteiger partial charge is 0.497 e. The first-order valence-corrected chi connectivity index (χ1v) is 18.4. The van der Waals surface area contributed by atoms with Gasteiger partial charge in [0.2, 0.25) is 0 Å². The minimum atomic E-state index is -1.97. The molecule has 0 amide bonds. The molecule has 0 spiro atoms. The van der Waals surface area contributed by atoms with Crippen LogP contribution in [-0.4, -0.2) is 60.9 Å². The maximum atomic E-state index is 11.9. The predicted octanol–water partition coefficient (Wildman–Crippen LogP) is 8.02. The molecule has 0 heterocycles. The highest BCUT2D eigenvalue weighted by molar-refractivity contribution is 6.74. The van der Waals surface area contributed by atoms with E-state index in [4.69, 9.17) is 28.1 Å². The van der Waals surface area contributed by atoms with Crippen LogP contribution in [0.5, 0.6) is 11.5 Å². The van der Waals surface area contributed by atoms with E-state index >= 15 is 0 Å². The van der Waals surface area contributed by atoms with Gasteiger partial charge in [-0.05, 0) is 66.9 Å². The SMILES string of the molecule is COc1ccc(CO[C@@H](CO[Si](C)(C)C(C)(C)C)C/C(C)=C/[C@@H](OC)[C@@H](C)[C@H](OCc2ccc(OC)cc2)[C@H](C)C=O)cc1. The van der Waals surface area contributed by atoms with Crippen LogP contribution < -0.4 is 9.47 Å². The van der Waals surface area contributed by atoms with E-state index in [2.05, 4.69) is 53.8 Å². The topological polar surface area (TPSA) is 72.5 Å². The maximum Gasteiger partial charge on any atom is 0.192 e. The van der Waals surface area contributed by atoms with Crippen LogP contribution in [0.3, 0.4) is 0 Å². The predicted molar refractivity (Wildman–Crippen MR) is 180 cm³/mol. The van der Waals surface area contributed by atoms with Gasteiger partial charge in [0.25, 0.3) is 0 Å². The summed E-state index contributed by atoms with van der Waals surface area (Å²) in [7, 11) is 3.05. The van der Waals surface area contributed by atoms with Crippen LogP contribution in [0.15, 0.2) is 60.2 Å². The summed E-state index contributed by atoms with van der Waals surface area (Å²) in [5.41, 5.74) is 3.23. The lowest BCUT2D eigenvalue weighted by atomic mass is 9.88. The molecule has 0 aliphatic rings. The quantitative estimate of drug-likeness (QED) is 0.0886. The Bertz CT molecular complexity index is 1140. The zero-order valence-electron chi connectivity index (χ0n) is 28.8. The second-order valence-corrected chi connectivity index (χ2v) is 18.1. The third-order valence-corrected chi connectivity index (χ3v) is 13.2. The Balaban J connectivity index is 2.18. The molecule has 2 rings (SSSR count). The molecule has 0 aromatic heterocycles. The number of carbonyl (C=O) groups is 1. The third kappa shape index (κ3) is 11.8. The summed E-state index contributed by atoms with van der Waals surface area (Å²) in [5, 5.41) is 0.102. The molecule has 2 aromatic rings. The molecule has 8 heteroatoms. The first-order chi connectivity index (χ1) is 20.7. The van der Waals surface area contributed by atoms with E-state index in [0.29, 0.717) is 26.2 Å². The van der Waals surface area contributed by atoms with Gasteiger partial charge in [0.05, 0.1) is 52.4 Å². The van der Waals surface area contributed by atoms with Gasteiger partial charge in [-0.1, -0.05) is 70.5 Å². The van der Waals surface area contributed by atoms with Gasteiger partial charge >= 0.3 is 0 Å². The Morgan fingerprint density at radius 1 is 0.841 bits per heavy atom. The number of ether oxygens (including phenoxy) is 5. The Hall–Kier alpha value is -2.49. The minimum absolute atomic E-state index is 0.0736. The van der Waals surface area contributed by atoms with Crippen molar-refractivity contribution >= 4 is 14.6 Å². The lowest BCUT2D eigenvalue weighted by Gasteiger charge is -2.37. The van der Waals surface area contributed by atoms with Gasteiger partial charge in [-0.3, -0.25) is 0 Å². The fourth-order valence-electron chi connectivity index (χ4n) is 4.72. The summed E-state index contributed by atoms with van der Waals surface area (Å²) in [6, 6.07) is 15.7. The Morgan fingerprint density at radius 2 is 1.34 bits per heavy atom. The average Bonchev–Trinajstić information content (AvgIpc) is 3.00. The molecular weight excluding hydrogens is 572 g/mol. The summed E-state index contributed by atoms with van der Waals surface area (Å²) in [6.07, 6.45) is 3.08. The van der Waals surface area contributed by atoms with Gasteiger partial charge in [-0.25, -0.2) is 0 Å². The average molecular weight is 629 g/mol. The zero-order valence-corrected chi connectivity index (χ0v) is 29.8. The van der Waals surface area contributed by atoms with Crippen molar-refractivity contribution in [1.82, 2.24) is 0 Å². The highest BCUT2D eigenvalue weighted by Gasteiger charge is 2.38. The van der Waals surface area contributed by atoms with E-state index in [1.165, 1.54) is 0 Å². The van der Waals surface area contributed by atoms with Crippen molar-refractivity contribution in [1.29, 1.82) is 0 Å². The van der Waals surface area contributed by atoms with Crippen molar-refractivity contribution in [3.05, 3.63) is 71.3 Å². The van der Waals surface area contributed by atoms with Crippen LogP contribution in [0, 0.1) is 11.8 Å². The minimum Gasteiger partial charge on any atom is -0.497 e. The lowest BCUT2D eigenvalue weighted by Crippen LogP contribution is -2.43.